The lowest BCUT2D eigenvalue weighted by Crippen LogP contribution is -2.45. The third-order valence-electron chi connectivity index (χ3n) is 3.84. The Kier molecular flexibility index (Phi) is 6.37. The molecular weight excluding hydrogens is 404 g/mol. The molecule has 25 heavy (non-hydrogen) atoms. The number of carbonyl (C=O) groups is 1. The van der Waals surface area contributed by atoms with E-state index in [4.69, 9.17) is 0 Å². The topological polar surface area (TPSA) is 66.5 Å². The first-order valence-electron chi connectivity index (χ1n) is 7.90. The Hall–Kier alpha value is -1.70. The predicted octanol–water partition coefficient (Wildman–Crippen LogP) is 3.80. The second-order valence-corrected chi connectivity index (χ2v) is 8.50. The highest BCUT2D eigenvalue weighted by molar-refractivity contribution is 9.10. The molecule has 134 valence electrons. The molecule has 7 heteroatoms. The first-order chi connectivity index (χ1) is 11.8. The van der Waals surface area contributed by atoms with Gasteiger partial charge < -0.3 is 5.32 Å². The van der Waals surface area contributed by atoms with Crippen LogP contribution >= 0.6 is 15.9 Å². The second-order valence-electron chi connectivity index (χ2n) is 5.70. The average Bonchev–Trinajstić information content (AvgIpc) is 2.57. The van der Waals surface area contributed by atoms with Crippen molar-refractivity contribution in [3.63, 3.8) is 0 Å². The van der Waals surface area contributed by atoms with Crippen LogP contribution in [0.1, 0.15) is 19.4 Å². The largest absolute Gasteiger partial charge is 0.325 e. The summed E-state index contributed by atoms with van der Waals surface area (Å²) in [5.41, 5.74) is 1.72. The minimum absolute atomic E-state index is 0.152. The number of nitrogens with one attached hydrogen (secondary N) is 1. The number of aryl methyl sites for hydroxylation is 1. The summed E-state index contributed by atoms with van der Waals surface area (Å²) in [6.45, 7) is 5.45. The van der Waals surface area contributed by atoms with Gasteiger partial charge in [0.05, 0.1) is 4.90 Å². The fourth-order valence-corrected chi connectivity index (χ4v) is 4.63. The summed E-state index contributed by atoms with van der Waals surface area (Å²) in [7, 11) is -3.77. The van der Waals surface area contributed by atoms with E-state index in [0.29, 0.717) is 10.2 Å². The van der Waals surface area contributed by atoms with E-state index in [1.807, 2.05) is 19.1 Å². The summed E-state index contributed by atoms with van der Waals surface area (Å²) < 4.78 is 27.6. The lowest BCUT2D eigenvalue weighted by atomic mass is 10.2. The van der Waals surface area contributed by atoms with E-state index >= 15 is 0 Å². The van der Waals surface area contributed by atoms with Gasteiger partial charge in [-0.2, -0.15) is 4.31 Å². The van der Waals surface area contributed by atoms with Crippen LogP contribution in [0.4, 0.5) is 5.69 Å². The van der Waals surface area contributed by atoms with Crippen LogP contribution in [-0.2, 0) is 14.8 Å². The molecule has 5 nitrogen and oxygen atoms in total. The monoisotopic (exact) mass is 424 g/mol. The molecule has 0 radical (unpaired) electrons. The van der Waals surface area contributed by atoms with Gasteiger partial charge in [0, 0.05) is 16.7 Å². The van der Waals surface area contributed by atoms with Gasteiger partial charge in [-0.1, -0.05) is 46.6 Å². The molecule has 0 saturated heterocycles. The lowest BCUT2D eigenvalue weighted by Gasteiger charge is -2.26. The van der Waals surface area contributed by atoms with Crippen molar-refractivity contribution in [3.05, 3.63) is 58.6 Å². The van der Waals surface area contributed by atoms with Crippen LogP contribution in [0.5, 0.6) is 0 Å². The molecule has 0 fully saturated rings. The van der Waals surface area contributed by atoms with Gasteiger partial charge in [-0.15, -0.1) is 0 Å². The molecule has 0 aromatic heterocycles. The Balaban J connectivity index is 2.23. The Bertz CT molecular complexity index is 851. The first-order valence-corrected chi connectivity index (χ1v) is 10.1. The number of anilines is 1. The summed E-state index contributed by atoms with van der Waals surface area (Å²) in [6, 6.07) is 13.0. The number of hydrogen-bond acceptors (Lipinski definition) is 3. The Labute approximate surface area is 157 Å². The van der Waals surface area contributed by atoms with Crippen LogP contribution in [0.3, 0.4) is 0 Å². The molecule has 0 saturated carbocycles. The van der Waals surface area contributed by atoms with Crippen molar-refractivity contribution < 1.29 is 13.2 Å². The van der Waals surface area contributed by atoms with E-state index in [9.17, 15) is 13.2 Å². The number of hydrogen-bond donors (Lipinski definition) is 1. The van der Waals surface area contributed by atoms with Gasteiger partial charge in [0.2, 0.25) is 15.9 Å². The number of halogens is 1. The molecule has 0 aliphatic heterocycles. The van der Waals surface area contributed by atoms with E-state index in [2.05, 4.69) is 21.2 Å². The van der Waals surface area contributed by atoms with Gasteiger partial charge in [0.25, 0.3) is 0 Å². The number of carbonyl (C=O) groups excluding carboxylic acids is 1. The minimum atomic E-state index is -3.77. The highest BCUT2D eigenvalue weighted by atomic mass is 79.9. The molecule has 2 aromatic rings. The first kappa shape index (κ1) is 19.6. The predicted molar refractivity (Wildman–Crippen MR) is 103 cm³/mol. The average molecular weight is 425 g/mol. The Morgan fingerprint density at radius 3 is 2.40 bits per heavy atom. The van der Waals surface area contributed by atoms with Crippen LogP contribution in [0.25, 0.3) is 0 Å². The zero-order valence-corrected chi connectivity index (χ0v) is 16.8. The number of benzene rings is 2. The smallest absolute Gasteiger partial charge is 0.243 e. The minimum Gasteiger partial charge on any atom is -0.325 e. The number of nitrogens with zero attached hydrogens (tertiary/aromatic N) is 1. The summed E-state index contributed by atoms with van der Waals surface area (Å²) >= 11 is 3.28. The van der Waals surface area contributed by atoms with E-state index in [-0.39, 0.29) is 17.3 Å². The summed E-state index contributed by atoms with van der Waals surface area (Å²) in [4.78, 5) is 12.7. The highest BCUT2D eigenvalue weighted by Crippen LogP contribution is 2.22. The Morgan fingerprint density at radius 1 is 1.20 bits per heavy atom. The zero-order valence-electron chi connectivity index (χ0n) is 14.4. The molecule has 1 amide bonds. The molecule has 0 unspecified atom stereocenters. The van der Waals surface area contributed by atoms with E-state index < -0.39 is 16.1 Å². The maximum atomic E-state index is 12.9. The van der Waals surface area contributed by atoms with Gasteiger partial charge in [-0.25, -0.2) is 8.42 Å². The fourth-order valence-electron chi connectivity index (χ4n) is 2.43. The maximum Gasteiger partial charge on any atom is 0.243 e. The molecule has 1 atom stereocenters. The quantitative estimate of drug-likeness (QED) is 0.766. The van der Waals surface area contributed by atoms with Crippen molar-refractivity contribution in [1.82, 2.24) is 4.31 Å². The van der Waals surface area contributed by atoms with Crippen molar-refractivity contribution in [2.45, 2.75) is 31.7 Å². The van der Waals surface area contributed by atoms with Crippen LogP contribution in [-0.4, -0.2) is 31.2 Å². The second kappa shape index (κ2) is 8.12. The van der Waals surface area contributed by atoms with Crippen LogP contribution in [0.15, 0.2) is 57.9 Å². The van der Waals surface area contributed by atoms with Crippen molar-refractivity contribution >= 4 is 37.5 Å². The molecular formula is C18H21BrN2O3S. The molecule has 0 heterocycles. The lowest BCUT2D eigenvalue weighted by molar-refractivity contribution is -0.119. The Morgan fingerprint density at radius 2 is 1.84 bits per heavy atom. The van der Waals surface area contributed by atoms with Gasteiger partial charge in [-0.3, -0.25) is 4.79 Å². The van der Waals surface area contributed by atoms with Crippen molar-refractivity contribution in [1.29, 1.82) is 0 Å². The van der Waals surface area contributed by atoms with Gasteiger partial charge in [-0.05, 0) is 44.2 Å². The fraction of sp³-hybridized carbons (Fsp3) is 0.278. The van der Waals surface area contributed by atoms with Crippen LogP contribution in [0.2, 0.25) is 0 Å². The number of amides is 1. The van der Waals surface area contributed by atoms with E-state index in [1.54, 1.807) is 38.1 Å². The molecule has 0 spiro atoms. The third-order valence-corrected chi connectivity index (χ3v) is 6.38. The van der Waals surface area contributed by atoms with E-state index in [1.165, 1.54) is 16.4 Å². The van der Waals surface area contributed by atoms with Gasteiger partial charge in [0.1, 0.15) is 6.04 Å². The summed E-state index contributed by atoms with van der Waals surface area (Å²) in [5.74, 6) is -0.371. The molecule has 0 aliphatic carbocycles. The maximum absolute atomic E-state index is 12.9. The zero-order chi connectivity index (χ0) is 18.6. The normalized spacial score (nSPS) is 12.8. The van der Waals surface area contributed by atoms with Crippen molar-refractivity contribution in [3.8, 4) is 0 Å². The molecule has 0 aliphatic rings. The number of likely N-dealkylation sites (N-methyl/N-ethyl adjacent to an activating group) is 1. The molecule has 2 rings (SSSR count). The van der Waals surface area contributed by atoms with Crippen molar-refractivity contribution in [2.24, 2.45) is 0 Å². The molecule has 0 bridgehead atoms. The third kappa shape index (κ3) is 4.68. The van der Waals surface area contributed by atoms with Crippen LogP contribution < -0.4 is 5.32 Å². The van der Waals surface area contributed by atoms with Gasteiger partial charge in [0.15, 0.2) is 0 Å². The summed E-state index contributed by atoms with van der Waals surface area (Å²) in [6.07, 6.45) is 0. The van der Waals surface area contributed by atoms with E-state index in [0.717, 1.165) is 5.56 Å². The van der Waals surface area contributed by atoms with Gasteiger partial charge >= 0.3 is 0 Å². The molecule has 1 N–H and O–H groups in total. The van der Waals surface area contributed by atoms with Crippen LogP contribution in [0, 0.1) is 6.92 Å². The highest BCUT2D eigenvalue weighted by Gasteiger charge is 2.31. The standard InChI is InChI=1S/C18H21BrN2O3S/c1-4-21(25(23,24)17-7-5-6-15(19)12-17)14(3)18(22)20-16-10-8-13(2)9-11-16/h5-12,14H,4H2,1-3H3,(H,20,22)/t14-/m1/s1. The number of rotatable bonds is 6. The number of sulfonamides is 1. The van der Waals surface area contributed by atoms with Crippen molar-refractivity contribution in [2.75, 3.05) is 11.9 Å². The molecule has 2 aromatic carbocycles. The SMILES string of the molecule is CCN([C@H](C)C(=O)Nc1ccc(C)cc1)S(=O)(=O)c1cccc(Br)c1. The summed E-state index contributed by atoms with van der Waals surface area (Å²) in [5, 5.41) is 2.76.